The van der Waals surface area contributed by atoms with E-state index in [0.29, 0.717) is 30.7 Å². The SMILES string of the molecule is C=C(C)C(=O)OCCCCP(=O)(O)CC. The van der Waals surface area contributed by atoms with Gasteiger partial charge in [0.25, 0.3) is 0 Å². The molecule has 0 bridgehead atoms. The number of unbranched alkanes of at least 4 members (excludes halogenated alkanes) is 1. The van der Waals surface area contributed by atoms with Crippen LogP contribution >= 0.6 is 7.37 Å². The van der Waals surface area contributed by atoms with Crippen molar-refractivity contribution < 1.29 is 19.0 Å². The molecule has 0 aromatic carbocycles. The third-order valence-electron chi connectivity index (χ3n) is 1.98. The lowest BCUT2D eigenvalue weighted by molar-refractivity contribution is -0.139. The Morgan fingerprint density at radius 2 is 2.07 bits per heavy atom. The second-order valence-electron chi connectivity index (χ2n) is 3.51. The third-order valence-corrected chi connectivity index (χ3v) is 3.98. The van der Waals surface area contributed by atoms with Crippen LogP contribution in [0.2, 0.25) is 0 Å². The molecule has 0 fully saturated rings. The van der Waals surface area contributed by atoms with Gasteiger partial charge in [-0.1, -0.05) is 13.5 Å². The van der Waals surface area contributed by atoms with Gasteiger partial charge < -0.3 is 9.63 Å². The van der Waals surface area contributed by atoms with E-state index in [9.17, 15) is 14.3 Å². The molecule has 0 aliphatic rings. The first-order valence-corrected chi connectivity index (χ1v) is 7.05. The Morgan fingerprint density at radius 1 is 1.47 bits per heavy atom. The van der Waals surface area contributed by atoms with Gasteiger partial charge in [-0.2, -0.15) is 0 Å². The Balaban J connectivity index is 3.53. The lowest BCUT2D eigenvalue weighted by Gasteiger charge is -2.08. The van der Waals surface area contributed by atoms with Gasteiger partial charge in [0.1, 0.15) is 0 Å². The van der Waals surface area contributed by atoms with Gasteiger partial charge in [0.05, 0.1) is 6.61 Å². The lowest BCUT2D eigenvalue weighted by atomic mass is 10.3. The summed E-state index contributed by atoms with van der Waals surface area (Å²) in [5.41, 5.74) is 0.372. The molecule has 0 aliphatic carbocycles. The van der Waals surface area contributed by atoms with Gasteiger partial charge in [0.2, 0.25) is 0 Å². The summed E-state index contributed by atoms with van der Waals surface area (Å²) < 4.78 is 16.1. The van der Waals surface area contributed by atoms with Crippen LogP contribution < -0.4 is 0 Å². The second kappa shape index (κ2) is 6.81. The molecule has 0 radical (unpaired) electrons. The summed E-state index contributed by atoms with van der Waals surface area (Å²) in [4.78, 5) is 20.2. The molecule has 88 valence electrons. The van der Waals surface area contributed by atoms with Crippen LogP contribution in [0.3, 0.4) is 0 Å². The molecule has 5 heteroatoms. The van der Waals surface area contributed by atoms with Crippen molar-refractivity contribution in [3.05, 3.63) is 12.2 Å². The molecule has 0 saturated heterocycles. The first-order chi connectivity index (χ1) is 6.89. The van der Waals surface area contributed by atoms with Crippen molar-refractivity contribution in [1.82, 2.24) is 0 Å². The molecule has 1 atom stereocenters. The average Bonchev–Trinajstić information content (AvgIpc) is 2.16. The van der Waals surface area contributed by atoms with E-state index in [0.717, 1.165) is 0 Å². The zero-order valence-electron chi connectivity index (χ0n) is 9.36. The molecular weight excluding hydrogens is 215 g/mol. The minimum absolute atomic E-state index is 0.287. The fourth-order valence-corrected chi connectivity index (χ4v) is 1.94. The molecule has 0 saturated carbocycles. The number of hydrogen-bond acceptors (Lipinski definition) is 3. The van der Waals surface area contributed by atoms with Crippen molar-refractivity contribution in [3.8, 4) is 0 Å². The van der Waals surface area contributed by atoms with Gasteiger partial charge in [-0.05, 0) is 19.8 Å². The Morgan fingerprint density at radius 3 is 2.53 bits per heavy atom. The summed E-state index contributed by atoms with van der Waals surface area (Å²) in [5, 5.41) is 0. The summed E-state index contributed by atoms with van der Waals surface area (Å²) in [6.45, 7) is 7.02. The van der Waals surface area contributed by atoms with E-state index in [1.165, 1.54) is 0 Å². The van der Waals surface area contributed by atoms with Crippen LogP contribution in [0.1, 0.15) is 26.7 Å². The quantitative estimate of drug-likeness (QED) is 0.317. The van der Waals surface area contributed by atoms with Crippen LogP contribution in [0.25, 0.3) is 0 Å². The van der Waals surface area contributed by atoms with Crippen LogP contribution in [-0.2, 0) is 14.1 Å². The fourth-order valence-electron chi connectivity index (χ4n) is 0.907. The highest BCUT2D eigenvalue weighted by atomic mass is 31.2. The largest absolute Gasteiger partial charge is 0.462 e. The Hall–Kier alpha value is -0.600. The third kappa shape index (κ3) is 7.34. The van der Waals surface area contributed by atoms with E-state index < -0.39 is 13.3 Å². The fraction of sp³-hybridized carbons (Fsp3) is 0.700. The number of ether oxygens (including phenoxy) is 1. The van der Waals surface area contributed by atoms with E-state index in [-0.39, 0.29) is 6.61 Å². The van der Waals surface area contributed by atoms with Gasteiger partial charge in [0, 0.05) is 17.9 Å². The van der Waals surface area contributed by atoms with Crippen LogP contribution in [0.4, 0.5) is 0 Å². The first-order valence-electron chi connectivity index (χ1n) is 5.02. The van der Waals surface area contributed by atoms with E-state index >= 15 is 0 Å². The normalized spacial score (nSPS) is 14.3. The minimum Gasteiger partial charge on any atom is -0.462 e. The van der Waals surface area contributed by atoms with E-state index in [1.807, 2.05) is 0 Å². The van der Waals surface area contributed by atoms with Crippen molar-refractivity contribution in [2.24, 2.45) is 0 Å². The molecule has 0 aromatic rings. The topological polar surface area (TPSA) is 63.6 Å². The summed E-state index contributed by atoms with van der Waals surface area (Å²) in [6, 6.07) is 0. The van der Waals surface area contributed by atoms with Gasteiger partial charge in [-0.3, -0.25) is 4.57 Å². The maximum absolute atomic E-state index is 11.2. The van der Waals surface area contributed by atoms with Gasteiger partial charge in [-0.15, -0.1) is 0 Å². The van der Waals surface area contributed by atoms with Crippen LogP contribution in [-0.4, -0.2) is 29.8 Å². The van der Waals surface area contributed by atoms with Gasteiger partial charge in [0.15, 0.2) is 7.37 Å². The molecule has 1 N–H and O–H groups in total. The van der Waals surface area contributed by atoms with Crippen LogP contribution in [0, 0.1) is 0 Å². The number of carbonyl (C=O) groups excluding carboxylic acids is 1. The Kier molecular flexibility index (Phi) is 6.53. The molecule has 0 aromatic heterocycles. The van der Waals surface area contributed by atoms with Crippen molar-refractivity contribution in [3.63, 3.8) is 0 Å². The summed E-state index contributed by atoms with van der Waals surface area (Å²) in [6.07, 6.45) is 1.82. The number of hydrogen-bond donors (Lipinski definition) is 1. The molecular formula is C10H19O4P. The standard InChI is InChI=1S/C10H19O4P/c1-4-15(12,13)8-6-5-7-14-10(11)9(2)3/h2,4-8H2,1,3H3,(H,12,13). The average molecular weight is 234 g/mol. The molecule has 1 unspecified atom stereocenters. The number of carbonyl (C=O) groups is 1. The van der Waals surface area contributed by atoms with E-state index in [2.05, 4.69) is 6.58 Å². The van der Waals surface area contributed by atoms with Gasteiger partial charge >= 0.3 is 5.97 Å². The van der Waals surface area contributed by atoms with E-state index in [1.54, 1.807) is 13.8 Å². The summed E-state index contributed by atoms with van der Waals surface area (Å²) in [7, 11) is -2.91. The molecule has 4 nitrogen and oxygen atoms in total. The molecule has 0 rings (SSSR count). The number of rotatable bonds is 7. The van der Waals surface area contributed by atoms with Crippen molar-refractivity contribution in [2.45, 2.75) is 26.7 Å². The molecule has 0 amide bonds. The number of esters is 1. The van der Waals surface area contributed by atoms with Crippen LogP contribution in [0.5, 0.6) is 0 Å². The zero-order chi connectivity index (χ0) is 11.9. The predicted molar refractivity (Wildman–Crippen MR) is 60.2 cm³/mol. The maximum atomic E-state index is 11.2. The predicted octanol–water partition coefficient (Wildman–Crippen LogP) is 2.18. The highest BCUT2D eigenvalue weighted by Crippen LogP contribution is 2.40. The highest BCUT2D eigenvalue weighted by Gasteiger charge is 2.13. The van der Waals surface area contributed by atoms with Crippen molar-refractivity contribution >= 4 is 13.3 Å². The summed E-state index contributed by atoms with van der Waals surface area (Å²) >= 11 is 0. The molecule has 0 aliphatic heterocycles. The smallest absolute Gasteiger partial charge is 0.333 e. The lowest BCUT2D eigenvalue weighted by Crippen LogP contribution is -2.06. The Bertz CT molecular complexity index is 273. The van der Waals surface area contributed by atoms with Gasteiger partial charge in [-0.25, -0.2) is 4.79 Å². The minimum atomic E-state index is -2.91. The zero-order valence-corrected chi connectivity index (χ0v) is 10.3. The molecule has 0 heterocycles. The van der Waals surface area contributed by atoms with Crippen molar-refractivity contribution in [1.29, 1.82) is 0 Å². The summed E-state index contributed by atoms with van der Waals surface area (Å²) in [5.74, 6) is -0.405. The highest BCUT2D eigenvalue weighted by molar-refractivity contribution is 7.57. The Labute approximate surface area is 90.8 Å². The molecule has 0 spiro atoms. The van der Waals surface area contributed by atoms with E-state index in [4.69, 9.17) is 4.74 Å². The maximum Gasteiger partial charge on any atom is 0.333 e. The van der Waals surface area contributed by atoms with Crippen molar-refractivity contribution in [2.75, 3.05) is 18.9 Å². The molecule has 15 heavy (non-hydrogen) atoms. The first kappa shape index (κ1) is 14.4. The van der Waals surface area contributed by atoms with Crippen LogP contribution in [0.15, 0.2) is 12.2 Å². The second-order valence-corrected chi connectivity index (χ2v) is 6.28. The monoisotopic (exact) mass is 234 g/mol.